The van der Waals surface area contributed by atoms with Crippen molar-refractivity contribution in [3.8, 4) is 11.4 Å². The molecule has 0 bridgehead atoms. The molecule has 0 radical (unpaired) electrons. The minimum absolute atomic E-state index is 0.194. The summed E-state index contributed by atoms with van der Waals surface area (Å²) in [6.45, 7) is 1.42. The number of hydrogen-bond donors (Lipinski definition) is 0. The predicted octanol–water partition coefficient (Wildman–Crippen LogP) is 3.84. The minimum atomic E-state index is -0.294. The summed E-state index contributed by atoms with van der Waals surface area (Å²) in [6, 6.07) is 12.0. The van der Waals surface area contributed by atoms with E-state index in [-0.39, 0.29) is 21.8 Å². The van der Waals surface area contributed by atoms with Crippen molar-refractivity contribution >= 4 is 45.9 Å². The van der Waals surface area contributed by atoms with Crippen LogP contribution in [0.15, 0.2) is 68.1 Å². The predicted molar refractivity (Wildman–Crippen MR) is 119 cm³/mol. The van der Waals surface area contributed by atoms with Crippen LogP contribution in [0, 0.1) is 0 Å². The molecule has 0 aliphatic carbocycles. The van der Waals surface area contributed by atoms with Crippen molar-refractivity contribution in [1.29, 1.82) is 0 Å². The van der Waals surface area contributed by atoms with Gasteiger partial charge in [0, 0.05) is 11.9 Å². The van der Waals surface area contributed by atoms with E-state index in [0.717, 1.165) is 11.3 Å². The SMILES string of the molecule is COc1cccc2occ(/C=N/N=c3/sc(C(C)=O)nn3-c3ccc(Cl)cc3)c(=O)c12. The Morgan fingerprint density at radius 3 is 2.74 bits per heavy atom. The number of hydrogen-bond acceptors (Lipinski definition) is 8. The molecule has 4 rings (SSSR count). The van der Waals surface area contributed by atoms with Crippen LogP contribution in [-0.4, -0.2) is 28.9 Å². The first-order valence-corrected chi connectivity index (χ1v) is 10.2. The number of benzene rings is 2. The lowest BCUT2D eigenvalue weighted by molar-refractivity contribution is 0.101. The highest BCUT2D eigenvalue weighted by atomic mass is 35.5. The van der Waals surface area contributed by atoms with Gasteiger partial charge in [0.15, 0.2) is 10.8 Å². The van der Waals surface area contributed by atoms with E-state index in [2.05, 4.69) is 15.3 Å². The van der Waals surface area contributed by atoms with Gasteiger partial charge < -0.3 is 9.15 Å². The van der Waals surface area contributed by atoms with Gasteiger partial charge in [0.1, 0.15) is 23.0 Å². The molecule has 0 fully saturated rings. The van der Waals surface area contributed by atoms with Crippen LogP contribution in [0.4, 0.5) is 0 Å². The highest BCUT2D eigenvalue weighted by Crippen LogP contribution is 2.22. The second kappa shape index (κ2) is 8.66. The Bertz CT molecular complexity index is 1430. The number of fused-ring (bicyclic) bond motifs is 1. The van der Waals surface area contributed by atoms with Crippen molar-refractivity contribution in [1.82, 2.24) is 9.78 Å². The summed E-state index contributed by atoms with van der Waals surface area (Å²) < 4.78 is 12.3. The first-order chi connectivity index (χ1) is 15.0. The van der Waals surface area contributed by atoms with Gasteiger partial charge in [-0.25, -0.2) is 4.68 Å². The molecule has 0 saturated heterocycles. The second-order valence-corrected chi connectivity index (χ2v) is 7.72. The van der Waals surface area contributed by atoms with E-state index in [1.807, 2.05) is 0 Å². The molecule has 0 N–H and O–H groups in total. The van der Waals surface area contributed by atoms with E-state index in [1.54, 1.807) is 42.5 Å². The van der Waals surface area contributed by atoms with E-state index >= 15 is 0 Å². The zero-order valence-corrected chi connectivity index (χ0v) is 18.0. The summed E-state index contributed by atoms with van der Waals surface area (Å²) in [7, 11) is 1.48. The third-order valence-corrected chi connectivity index (χ3v) is 5.53. The van der Waals surface area contributed by atoms with E-state index in [9.17, 15) is 9.59 Å². The van der Waals surface area contributed by atoms with E-state index < -0.39 is 0 Å². The molecule has 8 nitrogen and oxygen atoms in total. The zero-order valence-electron chi connectivity index (χ0n) is 16.4. The topological polar surface area (TPSA) is 99.0 Å². The Kier molecular flexibility index (Phi) is 5.79. The molecular weight excluding hydrogens is 440 g/mol. The molecule has 2 aromatic heterocycles. The number of aromatic nitrogens is 2. The molecule has 0 aliphatic heterocycles. The van der Waals surface area contributed by atoms with Gasteiger partial charge in [-0.3, -0.25) is 9.59 Å². The van der Waals surface area contributed by atoms with Gasteiger partial charge in [-0.2, -0.15) is 10.2 Å². The van der Waals surface area contributed by atoms with Crippen molar-refractivity contribution < 1.29 is 13.9 Å². The molecule has 4 aromatic rings. The van der Waals surface area contributed by atoms with Gasteiger partial charge >= 0.3 is 0 Å². The minimum Gasteiger partial charge on any atom is -0.496 e. The Labute approximate surface area is 184 Å². The lowest BCUT2D eigenvalue weighted by Gasteiger charge is -2.03. The van der Waals surface area contributed by atoms with Crippen molar-refractivity contribution in [2.45, 2.75) is 6.92 Å². The smallest absolute Gasteiger partial charge is 0.233 e. The highest BCUT2D eigenvalue weighted by molar-refractivity contribution is 7.10. The third kappa shape index (κ3) is 4.18. The molecular formula is C21H15ClN4O4S. The Balaban J connectivity index is 1.78. The summed E-state index contributed by atoms with van der Waals surface area (Å²) in [5, 5.41) is 13.6. The Morgan fingerprint density at radius 2 is 2.03 bits per heavy atom. The van der Waals surface area contributed by atoms with Crippen molar-refractivity contribution in [2.75, 3.05) is 7.11 Å². The van der Waals surface area contributed by atoms with Gasteiger partial charge in [0.25, 0.3) is 0 Å². The normalized spacial score (nSPS) is 12.0. The van der Waals surface area contributed by atoms with Crippen LogP contribution in [0.3, 0.4) is 0 Å². The van der Waals surface area contributed by atoms with E-state index in [0.29, 0.717) is 32.2 Å². The Morgan fingerprint density at radius 1 is 1.26 bits per heavy atom. The first kappa shape index (κ1) is 20.7. The number of carbonyl (C=O) groups is 1. The standard InChI is InChI=1S/C21H15ClN4O4S/c1-12(27)20-25-26(15-8-6-14(22)7-9-15)21(31-20)24-23-10-13-11-30-17-5-3-4-16(29-2)18(17)19(13)28/h3-11H,1-2H3/b23-10+,24-21+. The number of methoxy groups -OCH3 is 1. The average molecular weight is 455 g/mol. The van der Waals surface area contributed by atoms with Gasteiger partial charge in [-0.05, 0) is 36.4 Å². The highest BCUT2D eigenvalue weighted by Gasteiger charge is 2.12. The Hall–Kier alpha value is -3.56. The van der Waals surface area contributed by atoms with Crippen LogP contribution in [0.1, 0.15) is 22.3 Å². The third-order valence-electron chi connectivity index (χ3n) is 4.28. The largest absolute Gasteiger partial charge is 0.496 e. The summed E-state index contributed by atoms with van der Waals surface area (Å²) >= 11 is 7.03. The zero-order chi connectivity index (χ0) is 22.0. The van der Waals surface area contributed by atoms with Crippen LogP contribution in [0.5, 0.6) is 5.75 Å². The first-order valence-electron chi connectivity index (χ1n) is 9.00. The van der Waals surface area contributed by atoms with Gasteiger partial charge in [0.2, 0.25) is 10.2 Å². The van der Waals surface area contributed by atoms with Gasteiger partial charge in [-0.15, -0.1) is 5.10 Å². The fourth-order valence-electron chi connectivity index (χ4n) is 2.80. The number of rotatable bonds is 5. The molecule has 0 saturated carbocycles. The van der Waals surface area contributed by atoms with Crippen molar-refractivity contribution in [3.05, 3.63) is 79.3 Å². The van der Waals surface area contributed by atoms with E-state index in [4.69, 9.17) is 20.8 Å². The lowest BCUT2D eigenvalue weighted by Crippen LogP contribution is -2.14. The summed E-state index contributed by atoms with van der Waals surface area (Å²) in [5.74, 6) is 0.216. The molecule has 0 spiro atoms. The molecule has 0 aliphatic rings. The molecule has 2 heterocycles. The van der Waals surface area contributed by atoms with Crippen LogP contribution >= 0.6 is 22.9 Å². The van der Waals surface area contributed by atoms with Crippen molar-refractivity contribution in [3.63, 3.8) is 0 Å². The van der Waals surface area contributed by atoms with Crippen LogP contribution in [-0.2, 0) is 0 Å². The summed E-state index contributed by atoms with van der Waals surface area (Å²) in [4.78, 5) is 25.0. The van der Waals surface area contributed by atoms with Crippen molar-refractivity contribution in [2.24, 2.45) is 10.2 Å². The summed E-state index contributed by atoms with van der Waals surface area (Å²) in [5.41, 5.74) is 0.983. The molecule has 0 unspecified atom stereocenters. The second-order valence-electron chi connectivity index (χ2n) is 6.33. The van der Waals surface area contributed by atoms with Crippen LogP contribution < -0.4 is 15.0 Å². The number of halogens is 1. The maximum Gasteiger partial charge on any atom is 0.233 e. The van der Waals surface area contributed by atoms with Crippen LogP contribution in [0.25, 0.3) is 16.7 Å². The number of ether oxygens (including phenoxy) is 1. The molecule has 0 amide bonds. The molecule has 2 aromatic carbocycles. The number of Topliss-reactive ketones (excluding diaryl/α,β-unsaturated/α-hetero) is 1. The quantitative estimate of drug-likeness (QED) is 0.259. The fourth-order valence-corrected chi connectivity index (χ4v) is 3.68. The van der Waals surface area contributed by atoms with E-state index in [1.165, 1.54) is 31.2 Å². The lowest BCUT2D eigenvalue weighted by atomic mass is 10.1. The summed E-state index contributed by atoms with van der Waals surface area (Å²) in [6.07, 6.45) is 2.60. The number of ketones is 1. The molecule has 31 heavy (non-hydrogen) atoms. The fraction of sp³-hybridized carbons (Fsp3) is 0.0952. The average Bonchev–Trinajstić information content (AvgIpc) is 3.20. The molecule has 0 atom stereocenters. The number of carbonyl (C=O) groups excluding carboxylic acids is 1. The molecule has 156 valence electrons. The van der Waals surface area contributed by atoms with Gasteiger partial charge in [0.05, 0.1) is 24.6 Å². The van der Waals surface area contributed by atoms with Gasteiger partial charge in [-0.1, -0.05) is 29.0 Å². The maximum atomic E-state index is 12.8. The number of nitrogens with zero attached hydrogens (tertiary/aromatic N) is 4. The molecule has 10 heteroatoms. The maximum absolute atomic E-state index is 12.8. The van der Waals surface area contributed by atoms with Crippen LogP contribution in [0.2, 0.25) is 5.02 Å². The monoisotopic (exact) mass is 454 g/mol.